The lowest BCUT2D eigenvalue weighted by molar-refractivity contribution is 0.0320. The molecule has 3 nitrogen and oxygen atoms in total. The van der Waals surface area contributed by atoms with E-state index in [-0.39, 0.29) is 12.7 Å². The minimum absolute atomic E-state index is 0.112. The minimum atomic E-state index is -0.151. The highest BCUT2D eigenvalue weighted by Gasteiger charge is 2.23. The Kier molecular flexibility index (Phi) is 5.60. The molecule has 20 heavy (non-hydrogen) atoms. The number of hydrogen-bond donors (Lipinski definition) is 2. The van der Waals surface area contributed by atoms with Crippen molar-refractivity contribution in [1.82, 2.24) is 4.90 Å². The number of aliphatic hydroxyl groups excluding tert-OH is 2. The van der Waals surface area contributed by atoms with Crippen molar-refractivity contribution in [3.05, 3.63) is 35.4 Å². The van der Waals surface area contributed by atoms with Gasteiger partial charge in [0.1, 0.15) is 0 Å². The molecule has 0 spiro atoms. The van der Waals surface area contributed by atoms with E-state index in [0.29, 0.717) is 12.3 Å². The average molecular weight is 273 g/mol. The lowest BCUT2D eigenvalue weighted by Gasteiger charge is -2.34. The summed E-state index contributed by atoms with van der Waals surface area (Å²) in [7, 11) is 0. The standard InChI is InChI=1S/C17H23NO2/c1-14-12-18(9-8-17(14)20)13-16-7-4-6-15(11-16)5-2-3-10-19/h4,6-7,11,14,17,19-20H,3,8-10,12-13H2,1H3. The Morgan fingerprint density at radius 3 is 3.00 bits per heavy atom. The van der Waals surface area contributed by atoms with Crippen molar-refractivity contribution >= 4 is 0 Å². The molecule has 1 aliphatic heterocycles. The summed E-state index contributed by atoms with van der Waals surface area (Å²) in [5, 5.41) is 18.5. The summed E-state index contributed by atoms with van der Waals surface area (Å²) in [4.78, 5) is 2.39. The second-order valence-electron chi connectivity index (χ2n) is 5.54. The predicted molar refractivity (Wildman–Crippen MR) is 80.1 cm³/mol. The van der Waals surface area contributed by atoms with Crippen LogP contribution in [-0.2, 0) is 6.54 Å². The highest BCUT2D eigenvalue weighted by molar-refractivity contribution is 5.37. The third kappa shape index (κ3) is 4.35. The third-order valence-electron chi connectivity index (χ3n) is 3.75. The van der Waals surface area contributed by atoms with Crippen LogP contribution in [0.15, 0.2) is 24.3 Å². The third-order valence-corrected chi connectivity index (χ3v) is 3.75. The van der Waals surface area contributed by atoms with Crippen molar-refractivity contribution < 1.29 is 10.2 Å². The van der Waals surface area contributed by atoms with E-state index >= 15 is 0 Å². The van der Waals surface area contributed by atoms with Gasteiger partial charge in [-0.25, -0.2) is 0 Å². The van der Waals surface area contributed by atoms with Gasteiger partial charge in [0.05, 0.1) is 12.7 Å². The summed E-state index contributed by atoms with van der Waals surface area (Å²) in [6.45, 7) is 5.02. The summed E-state index contributed by atoms with van der Waals surface area (Å²) in [5.41, 5.74) is 2.26. The molecule has 1 aromatic rings. The fraction of sp³-hybridized carbons (Fsp3) is 0.529. The van der Waals surface area contributed by atoms with E-state index in [1.807, 2.05) is 12.1 Å². The van der Waals surface area contributed by atoms with Crippen LogP contribution in [-0.4, -0.2) is 40.9 Å². The second-order valence-corrected chi connectivity index (χ2v) is 5.54. The van der Waals surface area contributed by atoms with E-state index in [9.17, 15) is 5.11 Å². The van der Waals surface area contributed by atoms with Gasteiger partial charge >= 0.3 is 0 Å². The van der Waals surface area contributed by atoms with Crippen LogP contribution >= 0.6 is 0 Å². The minimum Gasteiger partial charge on any atom is -0.395 e. The number of likely N-dealkylation sites (tertiary alicyclic amines) is 1. The Morgan fingerprint density at radius 2 is 2.25 bits per heavy atom. The first-order valence-electron chi connectivity index (χ1n) is 7.28. The van der Waals surface area contributed by atoms with E-state index in [1.165, 1.54) is 5.56 Å². The molecule has 0 radical (unpaired) electrons. The number of benzene rings is 1. The number of rotatable bonds is 3. The fourth-order valence-corrected chi connectivity index (χ4v) is 2.59. The molecule has 0 saturated carbocycles. The van der Waals surface area contributed by atoms with Crippen LogP contribution < -0.4 is 0 Å². The Balaban J connectivity index is 1.96. The van der Waals surface area contributed by atoms with Crippen molar-refractivity contribution in [2.45, 2.75) is 32.4 Å². The van der Waals surface area contributed by atoms with Crippen molar-refractivity contribution in [3.63, 3.8) is 0 Å². The summed E-state index contributed by atoms with van der Waals surface area (Å²) in [6.07, 6.45) is 1.23. The maximum Gasteiger partial charge on any atom is 0.0590 e. The smallest absolute Gasteiger partial charge is 0.0590 e. The largest absolute Gasteiger partial charge is 0.395 e. The maximum absolute atomic E-state index is 9.76. The van der Waals surface area contributed by atoms with Crippen molar-refractivity contribution in [3.8, 4) is 11.8 Å². The Labute approximate surface area is 121 Å². The molecule has 2 unspecified atom stereocenters. The van der Waals surface area contributed by atoms with Gasteiger partial charge < -0.3 is 10.2 Å². The molecule has 1 fully saturated rings. The molecule has 2 atom stereocenters. The zero-order valence-electron chi connectivity index (χ0n) is 12.0. The summed E-state index contributed by atoms with van der Waals surface area (Å²) in [5.74, 6) is 6.36. The van der Waals surface area contributed by atoms with Crippen molar-refractivity contribution in [2.75, 3.05) is 19.7 Å². The zero-order chi connectivity index (χ0) is 14.4. The van der Waals surface area contributed by atoms with Crippen LogP contribution in [0, 0.1) is 17.8 Å². The van der Waals surface area contributed by atoms with Crippen LogP contribution in [0.1, 0.15) is 30.9 Å². The highest BCUT2D eigenvalue weighted by Crippen LogP contribution is 2.18. The summed E-state index contributed by atoms with van der Waals surface area (Å²) in [6, 6.07) is 8.25. The van der Waals surface area contributed by atoms with Gasteiger partial charge in [0, 0.05) is 31.6 Å². The van der Waals surface area contributed by atoms with Crippen molar-refractivity contribution in [1.29, 1.82) is 0 Å². The Morgan fingerprint density at radius 1 is 1.40 bits per heavy atom. The average Bonchev–Trinajstić information content (AvgIpc) is 2.44. The highest BCUT2D eigenvalue weighted by atomic mass is 16.3. The van der Waals surface area contributed by atoms with Crippen LogP contribution in [0.5, 0.6) is 0 Å². The van der Waals surface area contributed by atoms with E-state index in [2.05, 4.69) is 35.8 Å². The molecule has 1 aliphatic rings. The zero-order valence-corrected chi connectivity index (χ0v) is 12.0. The molecule has 2 N–H and O–H groups in total. The Bertz CT molecular complexity index is 489. The molecule has 3 heteroatoms. The number of hydrogen-bond acceptors (Lipinski definition) is 3. The molecule has 1 saturated heterocycles. The molecule has 0 amide bonds. The summed E-state index contributed by atoms with van der Waals surface area (Å²) >= 11 is 0. The number of aliphatic hydroxyl groups is 2. The molecule has 108 valence electrons. The van der Waals surface area contributed by atoms with Gasteiger partial charge in [-0.1, -0.05) is 30.9 Å². The van der Waals surface area contributed by atoms with Gasteiger partial charge in [-0.3, -0.25) is 4.90 Å². The van der Waals surface area contributed by atoms with Gasteiger partial charge in [-0.05, 0) is 30.0 Å². The van der Waals surface area contributed by atoms with Crippen molar-refractivity contribution in [2.24, 2.45) is 5.92 Å². The number of piperidine rings is 1. The summed E-state index contributed by atoms with van der Waals surface area (Å²) < 4.78 is 0. The quantitative estimate of drug-likeness (QED) is 0.823. The molecule has 0 bridgehead atoms. The van der Waals surface area contributed by atoms with E-state index < -0.39 is 0 Å². The fourth-order valence-electron chi connectivity index (χ4n) is 2.59. The lowest BCUT2D eigenvalue weighted by atomic mass is 9.96. The number of nitrogens with zero attached hydrogens (tertiary/aromatic N) is 1. The second kappa shape index (κ2) is 7.44. The van der Waals surface area contributed by atoms with Crippen LogP contribution in [0.3, 0.4) is 0 Å². The molecular weight excluding hydrogens is 250 g/mol. The lowest BCUT2D eigenvalue weighted by Crippen LogP contribution is -2.41. The first kappa shape index (κ1) is 15.1. The Hall–Kier alpha value is -1.34. The normalized spacial score (nSPS) is 23.1. The maximum atomic E-state index is 9.76. The molecular formula is C17H23NO2. The molecule has 0 aliphatic carbocycles. The van der Waals surface area contributed by atoms with Gasteiger partial charge in [0.2, 0.25) is 0 Å². The van der Waals surface area contributed by atoms with Gasteiger partial charge in [0.25, 0.3) is 0 Å². The molecule has 0 aromatic heterocycles. The van der Waals surface area contributed by atoms with E-state index in [1.54, 1.807) is 0 Å². The molecule has 1 heterocycles. The predicted octanol–water partition coefficient (Wildman–Crippen LogP) is 1.62. The van der Waals surface area contributed by atoms with E-state index in [0.717, 1.165) is 31.6 Å². The van der Waals surface area contributed by atoms with Crippen LogP contribution in [0.2, 0.25) is 0 Å². The molecule has 1 aromatic carbocycles. The van der Waals surface area contributed by atoms with Gasteiger partial charge in [-0.15, -0.1) is 0 Å². The van der Waals surface area contributed by atoms with Crippen LogP contribution in [0.25, 0.3) is 0 Å². The topological polar surface area (TPSA) is 43.7 Å². The van der Waals surface area contributed by atoms with Gasteiger partial charge in [0.15, 0.2) is 0 Å². The molecule has 2 rings (SSSR count). The van der Waals surface area contributed by atoms with E-state index in [4.69, 9.17) is 5.11 Å². The SMILES string of the molecule is CC1CN(Cc2cccc(C#CCCO)c2)CCC1O. The first-order valence-corrected chi connectivity index (χ1v) is 7.28. The van der Waals surface area contributed by atoms with Crippen LogP contribution in [0.4, 0.5) is 0 Å². The first-order chi connectivity index (χ1) is 9.69. The van der Waals surface area contributed by atoms with Gasteiger partial charge in [-0.2, -0.15) is 0 Å². The monoisotopic (exact) mass is 273 g/mol.